The van der Waals surface area contributed by atoms with E-state index in [0.29, 0.717) is 30.6 Å². The lowest BCUT2D eigenvalue weighted by Gasteiger charge is -2.44. The van der Waals surface area contributed by atoms with Gasteiger partial charge in [-0.3, -0.25) is 9.59 Å². The van der Waals surface area contributed by atoms with Gasteiger partial charge in [-0.05, 0) is 25.2 Å². The van der Waals surface area contributed by atoms with Crippen molar-refractivity contribution in [1.82, 2.24) is 9.80 Å². The summed E-state index contributed by atoms with van der Waals surface area (Å²) in [5.41, 5.74) is 0. The van der Waals surface area contributed by atoms with Crippen LogP contribution in [0.4, 0.5) is 0 Å². The van der Waals surface area contributed by atoms with Crippen LogP contribution in [0.25, 0.3) is 0 Å². The van der Waals surface area contributed by atoms with Crippen LogP contribution >= 0.6 is 11.8 Å². The lowest BCUT2D eigenvalue weighted by atomic mass is 10.00. The molecule has 132 valence electrons. The van der Waals surface area contributed by atoms with E-state index >= 15 is 0 Å². The summed E-state index contributed by atoms with van der Waals surface area (Å²) in [6.07, 6.45) is 6.48. The summed E-state index contributed by atoms with van der Waals surface area (Å²) in [6.45, 7) is 8.86. The summed E-state index contributed by atoms with van der Waals surface area (Å²) in [6, 6.07) is 0. The normalized spacial score (nSPS) is 20.5. The minimum Gasteiger partial charge on any atom is -0.342 e. The smallest absolute Gasteiger partial charge is 0.223 e. The van der Waals surface area contributed by atoms with Crippen LogP contribution in [0.3, 0.4) is 0 Å². The molecule has 0 radical (unpaired) electrons. The zero-order valence-corrected chi connectivity index (χ0v) is 15.8. The Morgan fingerprint density at radius 2 is 1.78 bits per heavy atom. The molecule has 0 aliphatic carbocycles. The number of piperidine rings is 1. The van der Waals surface area contributed by atoms with Crippen molar-refractivity contribution in [2.24, 2.45) is 5.92 Å². The van der Waals surface area contributed by atoms with E-state index in [1.807, 2.05) is 16.7 Å². The average Bonchev–Trinajstić information content (AvgIpc) is 2.91. The predicted octanol–water partition coefficient (Wildman–Crippen LogP) is 3.51. The maximum Gasteiger partial charge on any atom is 0.223 e. The van der Waals surface area contributed by atoms with E-state index in [1.54, 1.807) is 0 Å². The van der Waals surface area contributed by atoms with Crippen LogP contribution in [-0.2, 0) is 9.59 Å². The van der Waals surface area contributed by atoms with Gasteiger partial charge in [0, 0.05) is 38.2 Å². The molecule has 0 bridgehead atoms. The van der Waals surface area contributed by atoms with Crippen LogP contribution in [0.1, 0.15) is 65.7 Å². The Labute approximate surface area is 145 Å². The van der Waals surface area contributed by atoms with E-state index < -0.39 is 0 Å². The third kappa shape index (κ3) is 4.65. The molecule has 2 fully saturated rings. The molecule has 0 N–H and O–H groups in total. The monoisotopic (exact) mass is 340 g/mol. The number of likely N-dealkylation sites (tertiary alicyclic amines) is 1. The van der Waals surface area contributed by atoms with Gasteiger partial charge in [0.1, 0.15) is 0 Å². The number of carbonyl (C=O) groups is 2. The number of hydrogen-bond donors (Lipinski definition) is 0. The Bertz CT molecular complexity index is 417. The Balaban J connectivity index is 1.88. The minimum absolute atomic E-state index is 0.0355. The largest absolute Gasteiger partial charge is 0.342 e. The van der Waals surface area contributed by atoms with Crippen molar-refractivity contribution in [2.45, 2.75) is 70.6 Å². The Morgan fingerprint density at radius 1 is 1.09 bits per heavy atom. The van der Waals surface area contributed by atoms with Gasteiger partial charge in [-0.15, -0.1) is 11.8 Å². The molecule has 0 atom stereocenters. The lowest BCUT2D eigenvalue weighted by molar-refractivity contribution is -0.137. The molecular formula is C18H32N2O2S. The van der Waals surface area contributed by atoms with Gasteiger partial charge in [-0.1, -0.05) is 33.6 Å². The van der Waals surface area contributed by atoms with Gasteiger partial charge in [0.05, 0.1) is 4.87 Å². The third-order valence-corrected chi connectivity index (χ3v) is 6.51. The van der Waals surface area contributed by atoms with Crippen molar-refractivity contribution in [3.63, 3.8) is 0 Å². The average molecular weight is 341 g/mol. The maximum atomic E-state index is 12.6. The Hall–Kier alpha value is -0.710. The van der Waals surface area contributed by atoms with E-state index in [0.717, 1.165) is 57.5 Å². The van der Waals surface area contributed by atoms with Crippen LogP contribution in [0, 0.1) is 5.92 Å². The molecule has 0 aromatic carbocycles. The summed E-state index contributed by atoms with van der Waals surface area (Å²) in [4.78, 5) is 28.9. The predicted molar refractivity (Wildman–Crippen MR) is 96.3 cm³/mol. The lowest BCUT2D eigenvalue weighted by Crippen LogP contribution is -2.53. The number of hydrogen-bond acceptors (Lipinski definition) is 3. The summed E-state index contributed by atoms with van der Waals surface area (Å²) in [5, 5.41) is 0. The first-order chi connectivity index (χ1) is 11.0. The number of nitrogens with zero attached hydrogens (tertiary/aromatic N) is 2. The SMILES string of the molecule is CCCCCC(=O)N1CCC2(CC1)SCCN2C(=O)CC(C)C. The highest BCUT2D eigenvalue weighted by Gasteiger charge is 2.46. The van der Waals surface area contributed by atoms with Gasteiger partial charge in [-0.2, -0.15) is 0 Å². The fourth-order valence-electron chi connectivity index (χ4n) is 3.62. The standard InChI is InChI=1S/C18H32N2O2S/c1-4-5-6-7-16(21)19-10-8-18(9-11-19)20(12-13-23-18)17(22)14-15(2)3/h15H,4-14H2,1-3H3. The van der Waals surface area contributed by atoms with Gasteiger partial charge < -0.3 is 9.80 Å². The molecule has 4 nitrogen and oxygen atoms in total. The van der Waals surface area contributed by atoms with Gasteiger partial charge in [-0.25, -0.2) is 0 Å². The molecule has 0 aromatic rings. The van der Waals surface area contributed by atoms with E-state index in [-0.39, 0.29) is 4.87 Å². The van der Waals surface area contributed by atoms with E-state index in [9.17, 15) is 9.59 Å². The molecule has 2 amide bonds. The van der Waals surface area contributed by atoms with Crippen LogP contribution in [0.2, 0.25) is 0 Å². The molecule has 2 heterocycles. The summed E-state index contributed by atoms with van der Waals surface area (Å²) >= 11 is 1.93. The highest BCUT2D eigenvalue weighted by atomic mass is 32.2. The van der Waals surface area contributed by atoms with E-state index in [2.05, 4.69) is 25.7 Å². The molecule has 2 rings (SSSR count). The van der Waals surface area contributed by atoms with Gasteiger partial charge in [0.15, 0.2) is 0 Å². The van der Waals surface area contributed by atoms with Crippen LogP contribution in [0.5, 0.6) is 0 Å². The first kappa shape index (κ1) is 18.6. The third-order valence-electron chi connectivity index (χ3n) is 4.95. The molecule has 0 saturated carbocycles. The number of thioether (sulfide) groups is 1. The van der Waals surface area contributed by atoms with E-state index in [1.165, 1.54) is 0 Å². The van der Waals surface area contributed by atoms with Crippen molar-refractivity contribution >= 4 is 23.6 Å². The second-order valence-electron chi connectivity index (χ2n) is 7.28. The molecule has 2 aliphatic rings. The highest BCUT2D eigenvalue weighted by molar-refractivity contribution is 8.00. The zero-order valence-electron chi connectivity index (χ0n) is 15.0. The maximum absolute atomic E-state index is 12.6. The summed E-state index contributed by atoms with van der Waals surface area (Å²) < 4.78 is 0. The molecule has 2 aliphatic heterocycles. The summed E-state index contributed by atoms with van der Waals surface area (Å²) in [5.74, 6) is 2.04. The first-order valence-corrected chi connectivity index (χ1v) is 10.2. The van der Waals surface area contributed by atoms with Gasteiger partial charge in [0.2, 0.25) is 11.8 Å². The second-order valence-corrected chi connectivity index (χ2v) is 8.73. The molecule has 2 saturated heterocycles. The first-order valence-electron chi connectivity index (χ1n) is 9.20. The molecule has 5 heteroatoms. The second kappa shape index (κ2) is 8.41. The molecule has 0 aromatic heterocycles. The van der Waals surface area contributed by atoms with Gasteiger partial charge in [0.25, 0.3) is 0 Å². The number of amides is 2. The van der Waals surface area contributed by atoms with E-state index in [4.69, 9.17) is 0 Å². The minimum atomic E-state index is -0.0355. The fraction of sp³-hybridized carbons (Fsp3) is 0.889. The number of unbranched alkanes of at least 4 members (excludes halogenated alkanes) is 2. The highest BCUT2D eigenvalue weighted by Crippen LogP contribution is 2.44. The number of carbonyl (C=O) groups excluding carboxylic acids is 2. The zero-order chi connectivity index (χ0) is 16.9. The van der Waals surface area contributed by atoms with Crippen LogP contribution in [-0.4, -0.2) is 51.9 Å². The van der Waals surface area contributed by atoms with Crippen molar-refractivity contribution in [2.75, 3.05) is 25.4 Å². The Kier molecular flexibility index (Phi) is 6.81. The Morgan fingerprint density at radius 3 is 2.39 bits per heavy atom. The topological polar surface area (TPSA) is 40.6 Å². The molecule has 23 heavy (non-hydrogen) atoms. The van der Waals surface area contributed by atoms with Crippen molar-refractivity contribution in [1.29, 1.82) is 0 Å². The molecular weight excluding hydrogens is 308 g/mol. The quantitative estimate of drug-likeness (QED) is 0.695. The van der Waals surface area contributed by atoms with Crippen LogP contribution < -0.4 is 0 Å². The van der Waals surface area contributed by atoms with Crippen LogP contribution in [0.15, 0.2) is 0 Å². The number of rotatable bonds is 6. The van der Waals surface area contributed by atoms with Crippen molar-refractivity contribution in [3.05, 3.63) is 0 Å². The fourth-order valence-corrected chi connectivity index (χ4v) is 5.10. The molecule has 1 spiro atoms. The van der Waals surface area contributed by atoms with Crippen molar-refractivity contribution in [3.8, 4) is 0 Å². The van der Waals surface area contributed by atoms with Crippen molar-refractivity contribution < 1.29 is 9.59 Å². The molecule has 0 unspecified atom stereocenters. The van der Waals surface area contributed by atoms with Gasteiger partial charge >= 0.3 is 0 Å². The summed E-state index contributed by atoms with van der Waals surface area (Å²) in [7, 11) is 0.